The number of hydrogen-bond acceptors (Lipinski definition) is 4. The van der Waals surface area contributed by atoms with E-state index in [9.17, 15) is 0 Å². The molecule has 0 aliphatic carbocycles. The first-order chi connectivity index (χ1) is 7.81. The summed E-state index contributed by atoms with van der Waals surface area (Å²) in [6.45, 7) is 3.92. The Kier molecular flexibility index (Phi) is 3.85. The average Bonchev–Trinajstić information content (AvgIpc) is 2.33. The third-order valence-corrected chi connectivity index (χ3v) is 3.45. The highest BCUT2D eigenvalue weighted by atomic mass is 15.2. The largest absolute Gasteiger partial charge is 0.329 e. The van der Waals surface area contributed by atoms with E-state index in [0.29, 0.717) is 12.1 Å². The summed E-state index contributed by atoms with van der Waals surface area (Å²) in [5.41, 5.74) is 6.92. The van der Waals surface area contributed by atoms with Gasteiger partial charge in [-0.2, -0.15) is 0 Å². The van der Waals surface area contributed by atoms with Crippen LogP contribution in [0.15, 0.2) is 18.6 Å². The molecule has 2 heterocycles. The van der Waals surface area contributed by atoms with Crippen molar-refractivity contribution in [2.45, 2.75) is 44.8 Å². The van der Waals surface area contributed by atoms with Crippen LogP contribution in [-0.4, -0.2) is 33.5 Å². The van der Waals surface area contributed by atoms with Gasteiger partial charge in [-0.3, -0.25) is 4.90 Å². The molecule has 1 fully saturated rings. The van der Waals surface area contributed by atoms with E-state index in [1.165, 1.54) is 19.3 Å². The van der Waals surface area contributed by atoms with E-state index in [-0.39, 0.29) is 0 Å². The van der Waals surface area contributed by atoms with Crippen LogP contribution in [0.3, 0.4) is 0 Å². The summed E-state index contributed by atoms with van der Waals surface area (Å²) in [6.07, 6.45) is 7.19. The van der Waals surface area contributed by atoms with Crippen molar-refractivity contribution >= 4 is 0 Å². The van der Waals surface area contributed by atoms with Crippen molar-refractivity contribution < 1.29 is 0 Å². The van der Waals surface area contributed by atoms with Gasteiger partial charge in [0.1, 0.15) is 6.33 Å². The fourth-order valence-electron chi connectivity index (χ4n) is 2.48. The minimum Gasteiger partial charge on any atom is -0.329 e. The fraction of sp³-hybridized carbons (Fsp3) is 0.667. The highest BCUT2D eigenvalue weighted by Crippen LogP contribution is 2.23. The van der Waals surface area contributed by atoms with Gasteiger partial charge in [0.2, 0.25) is 0 Å². The zero-order valence-electron chi connectivity index (χ0n) is 9.84. The predicted molar refractivity (Wildman–Crippen MR) is 63.7 cm³/mol. The zero-order chi connectivity index (χ0) is 11.4. The SMILES string of the molecule is CC1CCCC(CN)N1Cc1ccncn1. The van der Waals surface area contributed by atoms with Crippen molar-refractivity contribution in [3.05, 3.63) is 24.3 Å². The Morgan fingerprint density at radius 1 is 1.50 bits per heavy atom. The molecule has 2 rings (SSSR count). The number of nitrogens with two attached hydrogens (primary N) is 1. The zero-order valence-corrected chi connectivity index (χ0v) is 9.84. The van der Waals surface area contributed by atoms with Crippen LogP contribution in [0.4, 0.5) is 0 Å². The number of aromatic nitrogens is 2. The van der Waals surface area contributed by atoms with E-state index in [1.54, 1.807) is 12.5 Å². The van der Waals surface area contributed by atoms with Crippen LogP contribution in [-0.2, 0) is 6.54 Å². The van der Waals surface area contributed by atoms with Gasteiger partial charge in [-0.25, -0.2) is 9.97 Å². The van der Waals surface area contributed by atoms with E-state index in [1.807, 2.05) is 6.07 Å². The second-order valence-corrected chi connectivity index (χ2v) is 4.54. The lowest BCUT2D eigenvalue weighted by Crippen LogP contribution is -2.48. The summed E-state index contributed by atoms with van der Waals surface area (Å²) in [4.78, 5) is 10.7. The van der Waals surface area contributed by atoms with Gasteiger partial charge in [-0.15, -0.1) is 0 Å². The monoisotopic (exact) mass is 220 g/mol. The van der Waals surface area contributed by atoms with Gasteiger partial charge < -0.3 is 5.73 Å². The van der Waals surface area contributed by atoms with Crippen LogP contribution in [0.5, 0.6) is 0 Å². The van der Waals surface area contributed by atoms with Gasteiger partial charge in [-0.05, 0) is 25.8 Å². The summed E-state index contributed by atoms with van der Waals surface area (Å²) < 4.78 is 0. The molecule has 4 nitrogen and oxygen atoms in total. The molecule has 2 unspecified atom stereocenters. The molecule has 2 N–H and O–H groups in total. The van der Waals surface area contributed by atoms with Crippen molar-refractivity contribution in [1.29, 1.82) is 0 Å². The molecule has 1 aromatic heterocycles. The van der Waals surface area contributed by atoms with Crippen LogP contribution in [0.1, 0.15) is 31.9 Å². The van der Waals surface area contributed by atoms with E-state index in [2.05, 4.69) is 21.8 Å². The third-order valence-electron chi connectivity index (χ3n) is 3.45. The minimum absolute atomic E-state index is 0.513. The second kappa shape index (κ2) is 5.37. The summed E-state index contributed by atoms with van der Waals surface area (Å²) in [5.74, 6) is 0. The molecular formula is C12H20N4. The molecule has 88 valence electrons. The first kappa shape index (κ1) is 11.5. The molecule has 1 aromatic rings. The molecule has 0 spiro atoms. The maximum Gasteiger partial charge on any atom is 0.115 e. The first-order valence-electron chi connectivity index (χ1n) is 6.02. The predicted octanol–water partition coefficient (Wildman–Crippen LogP) is 1.18. The Balaban J connectivity index is 2.05. The third kappa shape index (κ3) is 2.57. The van der Waals surface area contributed by atoms with Crippen molar-refractivity contribution in [1.82, 2.24) is 14.9 Å². The van der Waals surface area contributed by atoms with Gasteiger partial charge in [0, 0.05) is 31.4 Å². The Labute approximate surface area is 96.9 Å². The van der Waals surface area contributed by atoms with E-state index < -0.39 is 0 Å². The van der Waals surface area contributed by atoms with Gasteiger partial charge >= 0.3 is 0 Å². The maximum atomic E-state index is 5.84. The lowest BCUT2D eigenvalue weighted by molar-refractivity contribution is 0.0878. The van der Waals surface area contributed by atoms with E-state index >= 15 is 0 Å². The molecule has 2 atom stereocenters. The Morgan fingerprint density at radius 2 is 2.38 bits per heavy atom. The highest BCUT2D eigenvalue weighted by molar-refractivity contribution is 4.99. The summed E-state index contributed by atoms with van der Waals surface area (Å²) in [6, 6.07) is 3.10. The number of piperidine rings is 1. The molecule has 1 aliphatic heterocycles. The Bertz CT molecular complexity index is 314. The molecule has 0 aromatic carbocycles. The van der Waals surface area contributed by atoms with Crippen LogP contribution >= 0.6 is 0 Å². The van der Waals surface area contributed by atoms with E-state index in [0.717, 1.165) is 18.8 Å². The number of nitrogens with zero attached hydrogens (tertiary/aromatic N) is 3. The van der Waals surface area contributed by atoms with Crippen LogP contribution in [0.25, 0.3) is 0 Å². The molecule has 1 aliphatic rings. The van der Waals surface area contributed by atoms with E-state index in [4.69, 9.17) is 5.73 Å². The van der Waals surface area contributed by atoms with Crippen molar-refractivity contribution in [3.63, 3.8) is 0 Å². The van der Waals surface area contributed by atoms with Crippen LogP contribution in [0, 0.1) is 0 Å². The molecule has 0 radical (unpaired) electrons. The van der Waals surface area contributed by atoms with Crippen molar-refractivity contribution in [2.75, 3.05) is 6.54 Å². The molecule has 1 saturated heterocycles. The smallest absolute Gasteiger partial charge is 0.115 e. The minimum atomic E-state index is 0.513. The van der Waals surface area contributed by atoms with Crippen LogP contribution in [0.2, 0.25) is 0 Å². The normalized spacial score (nSPS) is 26.9. The van der Waals surface area contributed by atoms with Crippen molar-refractivity contribution in [3.8, 4) is 0 Å². The second-order valence-electron chi connectivity index (χ2n) is 4.54. The first-order valence-corrected chi connectivity index (χ1v) is 6.02. The van der Waals surface area contributed by atoms with Gasteiger partial charge in [0.25, 0.3) is 0 Å². The quantitative estimate of drug-likeness (QED) is 0.831. The van der Waals surface area contributed by atoms with Crippen molar-refractivity contribution in [2.24, 2.45) is 5.73 Å². The van der Waals surface area contributed by atoms with Gasteiger partial charge in [0.15, 0.2) is 0 Å². The highest BCUT2D eigenvalue weighted by Gasteiger charge is 2.26. The fourth-order valence-corrected chi connectivity index (χ4v) is 2.48. The standard InChI is InChI=1S/C12H20N4/c1-10-3-2-4-12(7-13)16(10)8-11-5-6-14-9-15-11/h5-6,9-10,12H,2-4,7-8,13H2,1H3. The Morgan fingerprint density at radius 3 is 3.06 bits per heavy atom. The molecule has 0 bridgehead atoms. The molecular weight excluding hydrogens is 200 g/mol. The maximum absolute atomic E-state index is 5.84. The molecule has 4 heteroatoms. The molecule has 16 heavy (non-hydrogen) atoms. The number of likely N-dealkylation sites (tertiary alicyclic amines) is 1. The lowest BCUT2D eigenvalue weighted by Gasteiger charge is -2.40. The lowest BCUT2D eigenvalue weighted by atomic mass is 9.96. The van der Waals surface area contributed by atoms with Gasteiger partial charge in [-0.1, -0.05) is 6.42 Å². The number of rotatable bonds is 3. The summed E-state index contributed by atoms with van der Waals surface area (Å²) >= 11 is 0. The summed E-state index contributed by atoms with van der Waals surface area (Å²) in [5, 5.41) is 0. The number of hydrogen-bond donors (Lipinski definition) is 1. The Hall–Kier alpha value is -1.00. The topological polar surface area (TPSA) is 55.0 Å². The summed E-state index contributed by atoms with van der Waals surface area (Å²) in [7, 11) is 0. The van der Waals surface area contributed by atoms with Crippen LogP contribution < -0.4 is 5.73 Å². The average molecular weight is 220 g/mol. The van der Waals surface area contributed by atoms with Gasteiger partial charge in [0.05, 0.1) is 5.69 Å². The molecule has 0 amide bonds. The molecule has 0 saturated carbocycles.